The summed E-state index contributed by atoms with van der Waals surface area (Å²) in [5.41, 5.74) is 2.14. The van der Waals surface area contributed by atoms with Gasteiger partial charge in [0.2, 0.25) is 5.82 Å². The summed E-state index contributed by atoms with van der Waals surface area (Å²) in [4.78, 5) is 18.2. The molecule has 2 heterocycles. The van der Waals surface area contributed by atoms with Gasteiger partial charge in [-0.2, -0.15) is 9.78 Å². The molecule has 0 N–H and O–H groups in total. The van der Waals surface area contributed by atoms with Gasteiger partial charge in [-0.25, -0.2) is 4.98 Å². The molecule has 0 bridgehead atoms. The normalized spacial score (nSPS) is 11.6. The summed E-state index contributed by atoms with van der Waals surface area (Å²) in [6.07, 6.45) is 1.51. The molecule has 0 unspecified atom stereocenters. The molecule has 0 radical (unpaired) electrons. The molecule has 0 fully saturated rings. The first kappa shape index (κ1) is 27.8. The van der Waals surface area contributed by atoms with Crippen LogP contribution < -0.4 is 10.3 Å². The minimum absolute atomic E-state index is 0.186. The monoisotopic (exact) mass is 685 g/mol. The van der Waals surface area contributed by atoms with E-state index in [1.165, 1.54) is 10.9 Å². The minimum Gasteiger partial charge on any atom is -0.486 e. The van der Waals surface area contributed by atoms with Crippen LogP contribution in [0.4, 0.5) is 0 Å². The van der Waals surface area contributed by atoms with Crippen LogP contribution in [-0.2, 0) is 6.61 Å². The van der Waals surface area contributed by atoms with E-state index in [4.69, 9.17) is 60.5 Å². The van der Waals surface area contributed by atoms with Crippen molar-refractivity contribution in [3.8, 4) is 17.3 Å². The lowest BCUT2D eigenvalue weighted by Gasteiger charge is -2.12. The van der Waals surface area contributed by atoms with Crippen LogP contribution >= 0.6 is 62.3 Å². The van der Waals surface area contributed by atoms with Gasteiger partial charge in [0.15, 0.2) is 11.5 Å². The number of fused-ring (bicyclic) bond motifs is 2. The Labute approximate surface area is 261 Å². The van der Waals surface area contributed by atoms with E-state index in [1.807, 2.05) is 6.07 Å². The number of benzene rings is 4. The predicted octanol–water partition coefficient (Wildman–Crippen LogP) is 9.65. The second-order valence-corrected chi connectivity index (χ2v) is 11.5. The van der Waals surface area contributed by atoms with Crippen LogP contribution in [0.25, 0.3) is 33.5 Å². The van der Waals surface area contributed by atoms with Crippen LogP contribution in [0.1, 0.15) is 11.1 Å². The van der Waals surface area contributed by atoms with Gasteiger partial charge in [0.1, 0.15) is 12.2 Å². The molecule has 6 aromatic rings. The molecule has 0 atom stereocenters. The molecule has 6 nitrogen and oxygen atoms in total. The number of hydrogen-bond donors (Lipinski definition) is 0. The molecule has 2 aromatic heterocycles. The van der Waals surface area contributed by atoms with E-state index in [2.05, 4.69) is 21.0 Å². The van der Waals surface area contributed by atoms with Gasteiger partial charge in [0.05, 0.1) is 26.6 Å². The van der Waals surface area contributed by atoms with Crippen LogP contribution in [0.15, 0.2) is 97.6 Å². The highest BCUT2D eigenvalue weighted by atomic mass is 79.9. The fourth-order valence-electron chi connectivity index (χ4n) is 4.22. The third-order valence-electron chi connectivity index (χ3n) is 6.18. The average Bonchev–Trinajstić information content (AvgIpc) is 3.36. The Morgan fingerprint density at radius 2 is 1.71 bits per heavy atom. The Kier molecular flexibility index (Phi) is 7.81. The fourth-order valence-corrected chi connectivity index (χ4v) is 5.85. The molecular formula is C30H16BrCl4N3O3. The summed E-state index contributed by atoms with van der Waals surface area (Å²) < 4.78 is 13.8. The van der Waals surface area contributed by atoms with Gasteiger partial charge in [0, 0.05) is 26.0 Å². The van der Waals surface area contributed by atoms with Crippen molar-refractivity contribution >= 4 is 90.4 Å². The van der Waals surface area contributed by atoms with Gasteiger partial charge in [0.25, 0.3) is 5.56 Å². The van der Waals surface area contributed by atoms with Crippen molar-refractivity contribution in [1.29, 1.82) is 0 Å². The minimum atomic E-state index is -0.356. The molecule has 0 saturated carbocycles. The lowest BCUT2D eigenvalue weighted by atomic mass is 10.2. The molecule has 0 saturated heterocycles. The number of hydrogen-bond acceptors (Lipinski definition) is 5. The first-order chi connectivity index (χ1) is 19.8. The van der Waals surface area contributed by atoms with E-state index in [0.717, 1.165) is 10.9 Å². The number of para-hydroxylation sites is 1. The number of rotatable bonds is 6. The Bertz CT molecular complexity index is 2030. The standard InChI is InChI=1S/C30H16BrCl4N3O3/c31-22-9-16(10-24(35)28(22)40-15-17-5-6-20(33)13-23(17)34)14-36-38-29(37-25-4-2-1-3-21(25)30(38)39)27-12-18-11-19(32)7-8-26(18)41-27/h1-14H,15H2. The van der Waals surface area contributed by atoms with Crippen molar-refractivity contribution in [3.63, 3.8) is 0 Å². The molecule has 41 heavy (non-hydrogen) atoms. The Hall–Kier alpha value is -3.33. The fraction of sp³-hybridized carbons (Fsp3) is 0.0333. The molecule has 6 rings (SSSR count). The van der Waals surface area contributed by atoms with E-state index in [9.17, 15) is 4.79 Å². The Morgan fingerprint density at radius 1 is 0.927 bits per heavy atom. The lowest BCUT2D eigenvalue weighted by molar-refractivity contribution is 0.304. The van der Waals surface area contributed by atoms with E-state index in [1.54, 1.807) is 72.8 Å². The van der Waals surface area contributed by atoms with Gasteiger partial charge in [-0.05, 0) is 82.2 Å². The van der Waals surface area contributed by atoms with E-state index >= 15 is 0 Å². The van der Waals surface area contributed by atoms with Crippen LogP contribution in [0.3, 0.4) is 0 Å². The number of halogens is 5. The second-order valence-electron chi connectivity index (χ2n) is 8.94. The maximum absolute atomic E-state index is 13.5. The SMILES string of the molecule is O=c1c2ccccc2nc(-c2cc3cc(Cl)ccc3o2)n1N=Cc1cc(Cl)c(OCc2ccc(Cl)cc2Cl)c(Br)c1. The number of aromatic nitrogens is 2. The topological polar surface area (TPSA) is 69.6 Å². The molecule has 0 aliphatic rings. The van der Waals surface area contributed by atoms with Crippen molar-refractivity contribution in [2.45, 2.75) is 6.61 Å². The second kappa shape index (κ2) is 11.5. The molecule has 204 valence electrons. The summed E-state index contributed by atoms with van der Waals surface area (Å²) in [6, 6.07) is 22.7. The van der Waals surface area contributed by atoms with E-state index < -0.39 is 0 Å². The van der Waals surface area contributed by atoms with Gasteiger partial charge in [-0.3, -0.25) is 4.79 Å². The largest absolute Gasteiger partial charge is 0.486 e. The maximum atomic E-state index is 13.5. The number of ether oxygens (including phenoxy) is 1. The number of furan rings is 1. The van der Waals surface area contributed by atoms with Gasteiger partial charge in [-0.15, -0.1) is 0 Å². The van der Waals surface area contributed by atoms with E-state index in [-0.39, 0.29) is 18.0 Å². The summed E-state index contributed by atoms with van der Waals surface area (Å²) in [7, 11) is 0. The zero-order valence-corrected chi connectivity index (χ0v) is 25.4. The van der Waals surface area contributed by atoms with Crippen molar-refractivity contribution in [3.05, 3.63) is 125 Å². The van der Waals surface area contributed by atoms with Crippen molar-refractivity contribution in [2.24, 2.45) is 5.10 Å². The first-order valence-electron chi connectivity index (χ1n) is 12.1. The molecule has 11 heteroatoms. The van der Waals surface area contributed by atoms with Crippen LogP contribution in [0.5, 0.6) is 5.75 Å². The van der Waals surface area contributed by atoms with Crippen molar-refractivity contribution in [1.82, 2.24) is 9.66 Å². The molecule has 0 aliphatic heterocycles. The first-order valence-corrected chi connectivity index (χ1v) is 14.4. The maximum Gasteiger partial charge on any atom is 0.282 e. The van der Waals surface area contributed by atoms with Crippen molar-refractivity contribution < 1.29 is 9.15 Å². The molecule has 0 spiro atoms. The average molecular weight is 688 g/mol. The van der Waals surface area contributed by atoms with Crippen LogP contribution in [0.2, 0.25) is 20.1 Å². The Morgan fingerprint density at radius 3 is 2.51 bits per heavy atom. The zero-order chi connectivity index (χ0) is 28.7. The van der Waals surface area contributed by atoms with Crippen molar-refractivity contribution in [2.75, 3.05) is 0 Å². The summed E-state index contributed by atoms with van der Waals surface area (Å²) in [5.74, 6) is 1.04. The van der Waals surface area contributed by atoms with Crippen LogP contribution in [-0.4, -0.2) is 15.9 Å². The predicted molar refractivity (Wildman–Crippen MR) is 169 cm³/mol. The quantitative estimate of drug-likeness (QED) is 0.164. The highest BCUT2D eigenvalue weighted by Gasteiger charge is 2.17. The Balaban J connectivity index is 1.37. The van der Waals surface area contributed by atoms with Gasteiger partial charge >= 0.3 is 0 Å². The van der Waals surface area contributed by atoms with Gasteiger partial charge < -0.3 is 9.15 Å². The summed E-state index contributed by atoms with van der Waals surface area (Å²) in [6.45, 7) is 0.186. The molecule has 0 amide bonds. The molecular weight excluding hydrogens is 672 g/mol. The number of nitrogens with zero attached hydrogens (tertiary/aromatic N) is 3. The highest BCUT2D eigenvalue weighted by Crippen LogP contribution is 2.35. The van der Waals surface area contributed by atoms with Crippen LogP contribution in [0, 0.1) is 0 Å². The summed E-state index contributed by atoms with van der Waals surface area (Å²) >= 11 is 28.5. The third kappa shape index (κ3) is 5.73. The zero-order valence-electron chi connectivity index (χ0n) is 20.7. The molecule has 4 aromatic carbocycles. The lowest BCUT2D eigenvalue weighted by Crippen LogP contribution is -2.20. The van der Waals surface area contributed by atoms with Gasteiger partial charge in [-0.1, -0.05) is 64.6 Å². The smallest absolute Gasteiger partial charge is 0.282 e. The summed E-state index contributed by atoms with van der Waals surface area (Å²) in [5, 5.41) is 7.62. The highest BCUT2D eigenvalue weighted by molar-refractivity contribution is 9.10. The van der Waals surface area contributed by atoms with E-state index in [0.29, 0.717) is 58.1 Å². The molecule has 0 aliphatic carbocycles. The third-order valence-corrected chi connectivity index (χ3v) is 7.87.